The lowest BCUT2D eigenvalue weighted by Crippen LogP contribution is -2.63. The molecule has 25 nitrogen and oxygen atoms in total. The average molecular weight is 1420 g/mol. The number of thiol groups is 1. The van der Waals surface area contributed by atoms with E-state index in [2.05, 4.69) is 22.4 Å². The van der Waals surface area contributed by atoms with Crippen molar-refractivity contribution >= 4 is 79.6 Å². The predicted molar refractivity (Wildman–Crippen MR) is 368 cm³/mol. The minimum atomic E-state index is -4.33. The number of para-hydroxylation sites is 2. The van der Waals surface area contributed by atoms with Gasteiger partial charge in [0.2, 0.25) is 11.8 Å². The summed E-state index contributed by atoms with van der Waals surface area (Å²) in [4.78, 5) is 111. The Balaban J connectivity index is 0.000000187. The molecule has 4 amide bonds. The molecular formula is C70H94N7O18PS2. The van der Waals surface area contributed by atoms with Gasteiger partial charge in [-0.05, 0) is 155 Å². The number of hydrogen-bond donors (Lipinski definition) is 3. The monoisotopic (exact) mass is 1420 g/mol. The van der Waals surface area contributed by atoms with E-state index in [1.54, 1.807) is 79.4 Å². The summed E-state index contributed by atoms with van der Waals surface area (Å²) in [6.45, 7) is 28.4. The third-order valence-corrected chi connectivity index (χ3v) is 22.0. The maximum atomic E-state index is 13.8. The molecule has 8 aliphatic heterocycles. The molecule has 0 bridgehead atoms. The molecule has 11 rings (SSSR count). The van der Waals surface area contributed by atoms with Crippen molar-refractivity contribution in [3.05, 3.63) is 123 Å². The van der Waals surface area contributed by atoms with Crippen molar-refractivity contribution in [3.8, 4) is 11.5 Å². The van der Waals surface area contributed by atoms with E-state index in [1.807, 2.05) is 53.4 Å². The molecule has 10 atom stereocenters. The van der Waals surface area contributed by atoms with Gasteiger partial charge in [-0.1, -0.05) is 50.2 Å². The van der Waals surface area contributed by atoms with Crippen molar-refractivity contribution in [3.63, 3.8) is 0 Å². The molecule has 98 heavy (non-hydrogen) atoms. The first-order chi connectivity index (χ1) is 46.2. The zero-order valence-corrected chi connectivity index (χ0v) is 60.3. The third kappa shape index (κ3) is 18.3. The summed E-state index contributed by atoms with van der Waals surface area (Å²) in [5.41, 5.74) is -1.11. The fourth-order valence-corrected chi connectivity index (χ4v) is 17.2. The number of carbonyl (C=O) groups excluding carboxylic acids is 7. The molecule has 6 fully saturated rings. The van der Waals surface area contributed by atoms with E-state index in [0.29, 0.717) is 35.1 Å². The second kappa shape index (κ2) is 31.7. The van der Waals surface area contributed by atoms with E-state index in [-0.39, 0.29) is 75.1 Å². The number of β-lactam (4-membered cyclic amide) rings is 2. The molecule has 2 N–H and O–H groups in total. The number of rotatable bonds is 18. The van der Waals surface area contributed by atoms with E-state index in [4.69, 9.17) is 27.8 Å². The number of aliphatic hydroxyl groups is 2. The van der Waals surface area contributed by atoms with Gasteiger partial charge < -0.3 is 67.4 Å². The Kier molecular flexibility index (Phi) is 24.3. The predicted octanol–water partition coefficient (Wildman–Crippen LogP) is 10.4. The Hall–Kier alpha value is -7.00. The summed E-state index contributed by atoms with van der Waals surface area (Å²) in [6.07, 6.45) is 3.83. The van der Waals surface area contributed by atoms with Crippen LogP contribution in [0.3, 0.4) is 0 Å². The Morgan fingerprint density at radius 1 is 0.633 bits per heavy atom. The van der Waals surface area contributed by atoms with E-state index in [0.717, 1.165) is 83.5 Å². The zero-order valence-electron chi connectivity index (χ0n) is 57.7. The van der Waals surface area contributed by atoms with Crippen LogP contribution in [0.1, 0.15) is 125 Å². The fraction of sp³-hybridized carbons (Fsp3) is 0.586. The SMILES string of the molecule is CC(=O)C1=C(OP(=O)(Oc2ccccc2)Oc2ccccc2)[C@H](C)[C@@H]2[C@@H]([C@@H](C)O)C(=O)N12.CC(C)(C)OC(=O)N1CCC(CN2CC[C@@H](S)C2)CC1.C[C@@H](O)[C@H]1C(=O)N2C(C(=O)OC(=O)c3ccc([N+](=O)[O-])cc3)=C(S[C@@H]3CCN(CC4CCN(C(=O)OC(C)(C)C)CC4)C3)[C@H](C)[C@H]12. The molecule has 534 valence electrons. The first-order valence-electron chi connectivity index (χ1n) is 33.8. The lowest BCUT2D eigenvalue weighted by Gasteiger charge is -2.46. The van der Waals surface area contributed by atoms with Crippen molar-refractivity contribution in [2.45, 2.75) is 161 Å². The normalized spacial score (nSPS) is 25.2. The van der Waals surface area contributed by atoms with Crippen LogP contribution in [-0.4, -0.2) is 198 Å². The molecule has 0 saturated carbocycles. The molecular weight excluding hydrogens is 1320 g/mol. The smallest absolute Gasteiger partial charge is 0.444 e. The summed E-state index contributed by atoms with van der Waals surface area (Å²) >= 11 is 6.07. The number of thioether (sulfide) groups is 1. The highest BCUT2D eigenvalue weighted by atomic mass is 32.2. The fourth-order valence-electron chi connectivity index (χ4n) is 13.9. The second-order valence-corrected chi connectivity index (χ2v) is 32.1. The number of ketones is 1. The molecule has 3 aromatic carbocycles. The van der Waals surface area contributed by atoms with E-state index < -0.39 is 83.7 Å². The largest absolute Gasteiger partial charge is 0.646 e. The van der Waals surface area contributed by atoms with Gasteiger partial charge in [0, 0.05) is 98.7 Å². The molecule has 0 unspecified atom stereocenters. The molecule has 6 saturated heterocycles. The van der Waals surface area contributed by atoms with Crippen LogP contribution in [0.15, 0.2) is 107 Å². The number of allylic oxidation sites excluding steroid dienone is 1. The minimum absolute atomic E-state index is 0.0120. The molecule has 0 aliphatic carbocycles. The molecule has 0 radical (unpaired) electrons. The number of fused-ring (bicyclic) bond motifs is 2. The molecule has 28 heteroatoms. The highest BCUT2D eigenvalue weighted by Gasteiger charge is 2.62. The van der Waals surface area contributed by atoms with Gasteiger partial charge in [0.15, 0.2) is 5.78 Å². The van der Waals surface area contributed by atoms with Crippen LogP contribution in [0.25, 0.3) is 0 Å². The van der Waals surface area contributed by atoms with Crippen molar-refractivity contribution < 1.29 is 81.0 Å². The topological polar surface area (TPSA) is 295 Å². The van der Waals surface area contributed by atoms with Gasteiger partial charge in [0.1, 0.15) is 39.9 Å². The summed E-state index contributed by atoms with van der Waals surface area (Å²) in [5, 5.41) is 32.0. The Labute approximate surface area is 583 Å². The number of benzene rings is 3. The quantitative estimate of drug-likeness (QED) is 0.0156. The van der Waals surface area contributed by atoms with Crippen molar-refractivity contribution in [2.75, 3.05) is 65.4 Å². The van der Waals surface area contributed by atoms with E-state index in [9.17, 15) is 58.5 Å². The number of non-ortho nitro benzene ring substituents is 1. The maximum Gasteiger partial charge on any atom is 0.646 e. The van der Waals surface area contributed by atoms with Gasteiger partial charge in [-0.2, -0.15) is 17.2 Å². The minimum Gasteiger partial charge on any atom is -0.444 e. The standard InChI is InChI=1S/C32H42N4O9S.C23H24NO7P.C15H28N2O2S/c1-18-25-24(19(2)37)28(38)35(25)26(30(40)44-29(39)21-6-8-22(9-7-21)36(42)43)27(18)46-23-12-13-33(17-23)16-20-10-14-34(15-11-20)31(41)45-32(3,4)5;1-14-20-19(15(2)25)23(27)24(20)21(16(3)26)22(14)31-32(28,29-17-10-6-4-7-11-17)30-18-12-8-5-9-13-18;1-15(2,3)19-14(18)17-8-4-12(5-9-17)10-16-7-6-13(20)11-16/h6-9,18-20,23-25,37H,10-17H2,1-5H3;4-15,19-20,25H,1-3H3;12-13,20H,4-11H2,1-3H3/t18-,19-,23-,24-,25-;14-,15-,19-,20-;13-/m111/s1. The van der Waals surface area contributed by atoms with E-state index in [1.165, 1.54) is 67.1 Å². The molecule has 0 spiro atoms. The number of likely N-dealkylation sites (tertiary alicyclic amines) is 4. The van der Waals surface area contributed by atoms with Crippen LogP contribution in [-0.2, 0) is 42.5 Å². The van der Waals surface area contributed by atoms with Crippen LogP contribution < -0.4 is 9.05 Å². The van der Waals surface area contributed by atoms with Crippen molar-refractivity contribution in [1.29, 1.82) is 0 Å². The Bertz CT molecular complexity index is 3470. The van der Waals surface area contributed by atoms with Gasteiger partial charge in [-0.15, -0.1) is 11.8 Å². The lowest BCUT2D eigenvalue weighted by atomic mass is 9.79. The summed E-state index contributed by atoms with van der Waals surface area (Å²) in [6, 6.07) is 20.6. The number of hydrogen-bond acceptors (Lipinski definition) is 22. The van der Waals surface area contributed by atoms with Crippen molar-refractivity contribution in [1.82, 2.24) is 29.4 Å². The van der Waals surface area contributed by atoms with Gasteiger partial charge in [-0.25, -0.2) is 19.2 Å². The van der Waals surface area contributed by atoms with Crippen LogP contribution in [0.5, 0.6) is 11.5 Å². The number of Topliss-reactive ketones (excluding diaryl/α,β-unsaturated/α-hetero) is 1. The molecule has 8 heterocycles. The number of aliphatic hydroxyl groups excluding tert-OH is 2. The Morgan fingerprint density at radius 2 is 1.08 bits per heavy atom. The van der Waals surface area contributed by atoms with Crippen molar-refractivity contribution in [2.24, 2.45) is 35.5 Å². The van der Waals surface area contributed by atoms with Crippen LogP contribution in [0.2, 0.25) is 0 Å². The highest BCUT2D eigenvalue weighted by Crippen LogP contribution is 2.57. The van der Waals surface area contributed by atoms with Crippen LogP contribution >= 0.6 is 32.2 Å². The number of nitro groups is 1. The first-order valence-corrected chi connectivity index (χ1v) is 36.6. The number of ether oxygens (including phenoxy) is 3. The number of phosphoric acid groups is 1. The van der Waals surface area contributed by atoms with E-state index >= 15 is 0 Å². The average Bonchev–Trinajstić information content (AvgIpc) is 1.55. The molecule has 0 aromatic heterocycles. The van der Waals surface area contributed by atoms with Crippen LogP contribution in [0.4, 0.5) is 15.3 Å². The number of amides is 4. The number of esters is 2. The first kappa shape index (κ1) is 75.2. The summed E-state index contributed by atoms with van der Waals surface area (Å²) in [5.74, 6) is -3.46. The second-order valence-electron chi connectivity index (χ2n) is 28.6. The maximum absolute atomic E-state index is 13.8. The number of nitro benzene ring substituents is 1. The van der Waals surface area contributed by atoms with Gasteiger partial charge in [0.05, 0.1) is 46.6 Å². The highest BCUT2D eigenvalue weighted by molar-refractivity contribution is 8.03. The number of phosphoric ester groups is 1. The van der Waals surface area contributed by atoms with Gasteiger partial charge >= 0.3 is 31.9 Å². The van der Waals surface area contributed by atoms with Gasteiger partial charge in [-0.3, -0.25) is 24.5 Å². The summed E-state index contributed by atoms with van der Waals surface area (Å²) in [7, 11) is -4.33. The third-order valence-electron chi connectivity index (χ3n) is 18.7. The summed E-state index contributed by atoms with van der Waals surface area (Å²) < 4.78 is 47.1. The number of piperidine rings is 2. The number of carbonyl (C=O) groups is 7. The Morgan fingerprint density at radius 3 is 1.51 bits per heavy atom. The molecule has 8 aliphatic rings. The lowest BCUT2D eigenvalue weighted by molar-refractivity contribution is -0.384. The van der Waals surface area contributed by atoms with Gasteiger partial charge in [0.25, 0.3) is 5.69 Å². The number of nitrogens with zero attached hydrogens (tertiary/aromatic N) is 7. The van der Waals surface area contributed by atoms with Crippen LogP contribution in [0, 0.1) is 45.6 Å². The zero-order chi connectivity index (χ0) is 71.3. The molecule has 3 aromatic rings.